The topological polar surface area (TPSA) is 43.9 Å². The van der Waals surface area contributed by atoms with Crippen molar-refractivity contribution in [3.05, 3.63) is 59.1 Å². The van der Waals surface area contributed by atoms with E-state index in [0.29, 0.717) is 26.1 Å². The van der Waals surface area contributed by atoms with Crippen molar-refractivity contribution in [1.29, 1.82) is 0 Å². The van der Waals surface area contributed by atoms with E-state index in [1.807, 2.05) is 60.4 Å². The average Bonchev–Trinajstić information content (AvgIpc) is 3.09. The van der Waals surface area contributed by atoms with Gasteiger partial charge in [0.2, 0.25) is 11.8 Å². The lowest BCUT2D eigenvalue weighted by atomic mass is 10.1. The third-order valence-corrected chi connectivity index (χ3v) is 5.88. The van der Waals surface area contributed by atoms with E-state index in [0.717, 1.165) is 35.1 Å². The first kappa shape index (κ1) is 18.8. The lowest BCUT2D eigenvalue weighted by Gasteiger charge is -2.37. The first-order chi connectivity index (χ1) is 13.5. The molecule has 2 heterocycles. The molecular weight excluding hydrogens is 374 g/mol. The van der Waals surface area contributed by atoms with Gasteiger partial charge in [-0.15, -0.1) is 0 Å². The summed E-state index contributed by atoms with van der Waals surface area (Å²) in [5, 5.41) is 0.719. The number of piperazine rings is 1. The highest BCUT2D eigenvalue weighted by atomic mass is 35.5. The van der Waals surface area contributed by atoms with Crippen LogP contribution in [0.5, 0.6) is 0 Å². The van der Waals surface area contributed by atoms with E-state index in [1.165, 1.54) is 0 Å². The second-order valence-corrected chi connectivity index (χ2v) is 7.92. The maximum Gasteiger partial charge on any atom is 0.228 e. The van der Waals surface area contributed by atoms with E-state index in [9.17, 15) is 9.59 Å². The van der Waals surface area contributed by atoms with Gasteiger partial charge in [0.05, 0.1) is 5.92 Å². The van der Waals surface area contributed by atoms with Crippen molar-refractivity contribution in [2.45, 2.75) is 13.3 Å². The maximum atomic E-state index is 13.0. The van der Waals surface area contributed by atoms with Gasteiger partial charge in [-0.2, -0.15) is 0 Å². The zero-order valence-corrected chi connectivity index (χ0v) is 16.7. The Hall–Kier alpha value is -2.53. The van der Waals surface area contributed by atoms with E-state index in [1.54, 1.807) is 4.90 Å². The number of hydrogen-bond acceptors (Lipinski definition) is 3. The molecule has 0 spiro atoms. The van der Waals surface area contributed by atoms with E-state index in [-0.39, 0.29) is 17.7 Å². The second-order valence-electron chi connectivity index (χ2n) is 7.48. The molecule has 4 rings (SSSR count). The Labute approximate surface area is 170 Å². The summed E-state index contributed by atoms with van der Waals surface area (Å²) < 4.78 is 0. The number of carbonyl (C=O) groups excluding carboxylic acids is 2. The van der Waals surface area contributed by atoms with E-state index in [2.05, 4.69) is 4.90 Å². The van der Waals surface area contributed by atoms with Crippen LogP contribution >= 0.6 is 11.6 Å². The predicted octanol–water partition coefficient (Wildman–Crippen LogP) is 3.35. The van der Waals surface area contributed by atoms with Gasteiger partial charge in [-0.3, -0.25) is 9.59 Å². The predicted molar refractivity (Wildman–Crippen MR) is 112 cm³/mol. The molecule has 2 fully saturated rings. The molecule has 5 nitrogen and oxygen atoms in total. The Balaban J connectivity index is 1.38. The molecule has 0 aromatic heterocycles. The third-order valence-electron chi connectivity index (χ3n) is 5.65. The normalized spacial score (nSPS) is 20.0. The van der Waals surface area contributed by atoms with Crippen molar-refractivity contribution in [2.24, 2.45) is 5.92 Å². The number of benzene rings is 2. The molecule has 1 atom stereocenters. The molecule has 28 heavy (non-hydrogen) atoms. The highest BCUT2D eigenvalue weighted by Crippen LogP contribution is 2.29. The maximum absolute atomic E-state index is 13.0. The lowest BCUT2D eigenvalue weighted by molar-refractivity contribution is -0.136. The molecule has 0 bridgehead atoms. The van der Waals surface area contributed by atoms with Crippen LogP contribution in [-0.2, 0) is 9.59 Å². The van der Waals surface area contributed by atoms with Crippen molar-refractivity contribution < 1.29 is 9.59 Å². The Morgan fingerprint density at radius 3 is 2.50 bits per heavy atom. The number of amides is 2. The van der Waals surface area contributed by atoms with Crippen LogP contribution in [0.4, 0.5) is 11.4 Å². The number of para-hydroxylation sites is 1. The zero-order chi connectivity index (χ0) is 19.7. The second kappa shape index (κ2) is 7.84. The Kier molecular flexibility index (Phi) is 5.27. The smallest absolute Gasteiger partial charge is 0.228 e. The summed E-state index contributed by atoms with van der Waals surface area (Å²) in [5.41, 5.74) is 3.05. The summed E-state index contributed by atoms with van der Waals surface area (Å²) in [6, 6.07) is 15.6. The van der Waals surface area contributed by atoms with Crippen LogP contribution in [0.15, 0.2) is 48.5 Å². The third kappa shape index (κ3) is 3.72. The molecule has 0 aliphatic carbocycles. The molecule has 2 aliphatic heterocycles. The van der Waals surface area contributed by atoms with Gasteiger partial charge in [-0.05, 0) is 36.8 Å². The number of halogens is 1. The summed E-state index contributed by atoms with van der Waals surface area (Å²) in [7, 11) is 0. The van der Waals surface area contributed by atoms with Crippen LogP contribution in [0.1, 0.15) is 12.0 Å². The number of anilines is 2. The minimum atomic E-state index is -0.259. The summed E-state index contributed by atoms with van der Waals surface area (Å²) in [5.74, 6) is -0.134. The summed E-state index contributed by atoms with van der Waals surface area (Å²) >= 11 is 6.09. The standard InChI is InChI=1S/C22H24ClN3O2/c1-16-5-2-3-8-20(16)26-15-17(13-21(26)27)22(28)25-11-9-24(10-12-25)19-7-4-6-18(23)14-19/h2-8,14,17H,9-13,15H2,1H3. The molecule has 2 saturated heterocycles. The molecule has 146 valence electrons. The van der Waals surface area contributed by atoms with Crippen molar-refractivity contribution >= 4 is 34.8 Å². The van der Waals surface area contributed by atoms with Gasteiger partial charge < -0.3 is 14.7 Å². The minimum absolute atomic E-state index is 0.0326. The summed E-state index contributed by atoms with van der Waals surface area (Å²) in [6.07, 6.45) is 0.293. The SMILES string of the molecule is Cc1ccccc1N1CC(C(=O)N2CCN(c3cccc(Cl)c3)CC2)CC1=O. The molecule has 1 unspecified atom stereocenters. The number of hydrogen-bond donors (Lipinski definition) is 0. The fraction of sp³-hybridized carbons (Fsp3) is 0.364. The van der Waals surface area contributed by atoms with Crippen LogP contribution in [-0.4, -0.2) is 49.4 Å². The molecule has 2 aliphatic rings. The minimum Gasteiger partial charge on any atom is -0.368 e. The highest BCUT2D eigenvalue weighted by molar-refractivity contribution is 6.30. The van der Waals surface area contributed by atoms with Gasteiger partial charge in [-0.25, -0.2) is 0 Å². The summed E-state index contributed by atoms with van der Waals surface area (Å²) in [4.78, 5) is 31.5. The fourth-order valence-electron chi connectivity index (χ4n) is 4.09. The number of nitrogens with zero attached hydrogens (tertiary/aromatic N) is 3. The first-order valence-electron chi connectivity index (χ1n) is 9.68. The molecule has 2 amide bonds. The molecular formula is C22H24ClN3O2. The molecule has 0 N–H and O–H groups in total. The number of carbonyl (C=O) groups is 2. The highest BCUT2D eigenvalue weighted by Gasteiger charge is 2.38. The van der Waals surface area contributed by atoms with Crippen molar-refractivity contribution in [3.8, 4) is 0 Å². The van der Waals surface area contributed by atoms with Gasteiger partial charge in [0.15, 0.2) is 0 Å². The van der Waals surface area contributed by atoms with Crippen LogP contribution in [0.2, 0.25) is 5.02 Å². The number of rotatable bonds is 3. The number of aryl methyl sites for hydroxylation is 1. The van der Waals surface area contributed by atoms with E-state index in [4.69, 9.17) is 11.6 Å². The summed E-state index contributed by atoms with van der Waals surface area (Å²) in [6.45, 7) is 5.34. The Morgan fingerprint density at radius 1 is 1.04 bits per heavy atom. The van der Waals surface area contributed by atoms with Gasteiger partial charge in [0, 0.05) is 55.5 Å². The molecule has 6 heteroatoms. The van der Waals surface area contributed by atoms with Crippen LogP contribution in [0.25, 0.3) is 0 Å². The van der Waals surface area contributed by atoms with Gasteiger partial charge in [0.1, 0.15) is 0 Å². The van der Waals surface area contributed by atoms with Crippen molar-refractivity contribution in [2.75, 3.05) is 42.5 Å². The van der Waals surface area contributed by atoms with E-state index >= 15 is 0 Å². The molecule has 0 saturated carbocycles. The monoisotopic (exact) mass is 397 g/mol. The molecule has 0 radical (unpaired) electrons. The molecule has 2 aromatic carbocycles. The zero-order valence-electron chi connectivity index (χ0n) is 16.0. The van der Waals surface area contributed by atoms with Crippen LogP contribution in [0, 0.1) is 12.8 Å². The Morgan fingerprint density at radius 2 is 1.79 bits per heavy atom. The fourth-order valence-corrected chi connectivity index (χ4v) is 4.27. The molecule has 2 aromatic rings. The lowest BCUT2D eigenvalue weighted by Crippen LogP contribution is -2.50. The first-order valence-corrected chi connectivity index (χ1v) is 10.1. The van der Waals surface area contributed by atoms with E-state index < -0.39 is 0 Å². The van der Waals surface area contributed by atoms with Crippen LogP contribution < -0.4 is 9.80 Å². The van der Waals surface area contributed by atoms with Gasteiger partial charge in [0.25, 0.3) is 0 Å². The van der Waals surface area contributed by atoms with Gasteiger partial charge in [-0.1, -0.05) is 35.9 Å². The van der Waals surface area contributed by atoms with Crippen LogP contribution in [0.3, 0.4) is 0 Å². The quantitative estimate of drug-likeness (QED) is 0.797. The van der Waals surface area contributed by atoms with Crippen molar-refractivity contribution in [1.82, 2.24) is 4.90 Å². The largest absolute Gasteiger partial charge is 0.368 e. The van der Waals surface area contributed by atoms with Gasteiger partial charge >= 0.3 is 0 Å². The Bertz CT molecular complexity index is 893. The van der Waals surface area contributed by atoms with Crippen molar-refractivity contribution in [3.63, 3.8) is 0 Å². The average molecular weight is 398 g/mol.